The maximum atomic E-state index is 14.2. The molecule has 4 aromatic rings. The third kappa shape index (κ3) is 4.17. The minimum atomic E-state index is -1.63. The van der Waals surface area contributed by atoms with Gasteiger partial charge >= 0.3 is 0 Å². The van der Waals surface area contributed by atoms with E-state index in [1.807, 2.05) is 0 Å². The lowest BCUT2D eigenvalue weighted by atomic mass is 9.70. The van der Waals surface area contributed by atoms with Gasteiger partial charge in [0.2, 0.25) is 11.6 Å². The van der Waals surface area contributed by atoms with Crippen LogP contribution < -0.4 is 0 Å². The third-order valence-corrected chi connectivity index (χ3v) is 9.59. The zero-order valence-electron chi connectivity index (χ0n) is 25.3. The van der Waals surface area contributed by atoms with Crippen molar-refractivity contribution in [3.8, 4) is 34.1 Å². The van der Waals surface area contributed by atoms with Gasteiger partial charge in [-0.05, 0) is 61.2 Å². The smallest absolute Gasteiger partial charge is 0.201 e. The lowest BCUT2D eigenvalue weighted by Gasteiger charge is -2.44. The summed E-state index contributed by atoms with van der Waals surface area (Å²) in [4.78, 5) is 41.7. The number of aliphatic hydroxyl groups is 3. The Balaban J connectivity index is 1.49. The minimum absolute atomic E-state index is 0.0293. The normalized spacial score (nSPS) is 24.8. The van der Waals surface area contributed by atoms with Crippen molar-refractivity contribution in [1.29, 1.82) is 0 Å². The second kappa shape index (κ2) is 10.5. The summed E-state index contributed by atoms with van der Waals surface area (Å²) in [7, 11) is 0. The fourth-order valence-corrected chi connectivity index (χ4v) is 7.43. The van der Waals surface area contributed by atoms with Crippen LogP contribution in [0.1, 0.15) is 82.9 Å². The number of aliphatic hydroxyl groups excluding tert-OH is 3. The molecule has 1 aliphatic heterocycles. The number of carbonyl (C=O) groups excluding carboxylic acids is 3. The highest BCUT2D eigenvalue weighted by Gasteiger charge is 2.50. The van der Waals surface area contributed by atoms with E-state index in [0.717, 1.165) is 0 Å². The van der Waals surface area contributed by atoms with Crippen LogP contribution in [0.2, 0.25) is 0 Å². The molecule has 1 saturated heterocycles. The van der Waals surface area contributed by atoms with E-state index in [0.29, 0.717) is 5.56 Å². The molecule has 0 amide bonds. The number of hydrogen-bond donors (Lipinski definition) is 7. The lowest BCUT2D eigenvalue weighted by molar-refractivity contribution is -0.220. The van der Waals surface area contributed by atoms with Crippen molar-refractivity contribution in [1.82, 2.24) is 0 Å². The molecule has 6 atom stereocenters. The summed E-state index contributed by atoms with van der Waals surface area (Å²) < 4.78 is 6.01. The Labute approximate surface area is 267 Å². The number of fused-ring (bicyclic) bond motifs is 4. The summed E-state index contributed by atoms with van der Waals surface area (Å²) in [5.74, 6) is -5.20. The van der Waals surface area contributed by atoms with Crippen LogP contribution in [0.25, 0.3) is 11.1 Å². The molecule has 11 heteroatoms. The number of phenolic OH excluding ortho intramolecular Hbond substituents is 4. The molecule has 2 aliphatic carbocycles. The number of phenols is 4. The first-order valence-electron chi connectivity index (χ1n) is 15.0. The first kappa shape index (κ1) is 30.6. The van der Waals surface area contributed by atoms with E-state index < -0.39 is 71.0 Å². The van der Waals surface area contributed by atoms with Gasteiger partial charge in [-0.1, -0.05) is 30.3 Å². The molecule has 1 fully saturated rings. The third-order valence-electron chi connectivity index (χ3n) is 9.59. The van der Waals surface area contributed by atoms with E-state index in [9.17, 15) is 50.1 Å². The quantitative estimate of drug-likeness (QED) is 0.150. The number of rotatable bonds is 2. The Morgan fingerprint density at radius 1 is 0.596 bits per heavy atom. The zero-order valence-corrected chi connectivity index (χ0v) is 25.3. The van der Waals surface area contributed by atoms with Crippen molar-refractivity contribution in [2.24, 2.45) is 0 Å². The van der Waals surface area contributed by atoms with Crippen LogP contribution in [-0.2, 0) is 4.74 Å². The van der Waals surface area contributed by atoms with E-state index in [1.165, 1.54) is 49.4 Å². The summed E-state index contributed by atoms with van der Waals surface area (Å²) in [6.07, 6.45) is -6.78. The number of aryl methyl sites for hydroxylation is 2. The van der Waals surface area contributed by atoms with Gasteiger partial charge in [0, 0.05) is 28.2 Å². The molecule has 3 aliphatic rings. The van der Waals surface area contributed by atoms with Crippen molar-refractivity contribution < 1.29 is 54.9 Å². The molecule has 4 aromatic carbocycles. The molecule has 0 unspecified atom stereocenters. The van der Waals surface area contributed by atoms with E-state index in [-0.39, 0.29) is 66.9 Å². The first-order valence-corrected chi connectivity index (χ1v) is 15.0. The molecular formula is C36H30O11. The molecule has 11 nitrogen and oxygen atoms in total. The van der Waals surface area contributed by atoms with Gasteiger partial charge in [-0.15, -0.1) is 0 Å². The number of ketones is 3. The highest BCUT2D eigenvalue weighted by Crippen LogP contribution is 2.51. The van der Waals surface area contributed by atoms with Crippen molar-refractivity contribution in [2.75, 3.05) is 0 Å². The number of benzene rings is 4. The second-order valence-corrected chi connectivity index (χ2v) is 12.5. The van der Waals surface area contributed by atoms with E-state index in [2.05, 4.69) is 0 Å². The van der Waals surface area contributed by atoms with Gasteiger partial charge in [-0.25, -0.2) is 0 Å². The van der Waals surface area contributed by atoms with Gasteiger partial charge in [-0.3, -0.25) is 14.4 Å². The molecular weight excluding hydrogens is 608 g/mol. The number of carbonyl (C=O) groups is 3. The topological polar surface area (TPSA) is 202 Å². The van der Waals surface area contributed by atoms with Crippen LogP contribution in [0.4, 0.5) is 0 Å². The molecule has 0 bridgehead atoms. The van der Waals surface area contributed by atoms with E-state index in [1.54, 1.807) is 19.9 Å². The molecule has 0 radical (unpaired) electrons. The molecule has 7 N–H and O–H groups in total. The van der Waals surface area contributed by atoms with E-state index >= 15 is 0 Å². The molecule has 47 heavy (non-hydrogen) atoms. The summed E-state index contributed by atoms with van der Waals surface area (Å²) in [6, 6.07) is 11.2. The lowest BCUT2D eigenvalue weighted by Crippen LogP contribution is -2.58. The SMILES string of the molecule is Cc1cc(O)c2c(c1)[C@@H]([C@@H]1O[C@@H](C)[C@H](O)[C@@H](O)[C@H]1O)c1ccc(-c3c(C)cc(O)c4c3C(=O)c3cccc(O)c3C4=O)c(O)c1C2=O. The van der Waals surface area contributed by atoms with Crippen molar-refractivity contribution >= 4 is 17.3 Å². The Bertz CT molecular complexity index is 2080. The Morgan fingerprint density at radius 3 is 2.00 bits per heavy atom. The average molecular weight is 639 g/mol. The Hall–Kier alpha value is -5.07. The summed E-state index contributed by atoms with van der Waals surface area (Å²) in [5.41, 5.74) is -0.0114. The van der Waals surface area contributed by atoms with Crippen LogP contribution in [0.5, 0.6) is 23.0 Å². The largest absolute Gasteiger partial charge is 0.507 e. The molecule has 1 heterocycles. The molecule has 0 aromatic heterocycles. The van der Waals surface area contributed by atoms with Crippen LogP contribution >= 0.6 is 0 Å². The minimum Gasteiger partial charge on any atom is -0.507 e. The number of hydrogen-bond acceptors (Lipinski definition) is 11. The van der Waals surface area contributed by atoms with Gasteiger partial charge in [0.15, 0.2) is 5.78 Å². The van der Waals surface area contributed by atoms with E-state index in [4.69, 9.17) is 4.74 Å². The van der Waals surface area contributed by atoms with Crippen molar-refractivity contribution in [2.45, 2.75) is 57.2 Å². The second-order valence-electron chi connectivity index (χ2n) is 12.5. The highest BCUT2D eigenvalue weighted by atomic mass is 16.5. The predicted octanol–water partition coefficient (Wildman–Crippen LogP) is 3.11. The van der Waals surface area contributed by atoms with Crippen LogP contribution in [0.3, 0.4) is 0 Å². The first-order chi connectivity index (χ1) is 22.2. The molecule has 240 valence electrons. The summed E-state index contributed by atoms with van der Waals surface area (Å²) in [6.45, 7) is 4.77. The standard InChI is InChI=1S/C36H30O11/c1-12-9-18-23(36-35(46)34(45)29(40)14(3)47-36)15-7-8-17(30(41)26(15)32(43)25(18)20(38)10-12)22-13(2)11-21(39)27-28(22)31(42)16-5-4-6-19(37)24(16)33(27)44/h4-11,14,23,29,34-41,45-46H,1-3H3/t14-,23-,29-,34+,35+,36-/m0/s1. The monoisotopic (exact) mass is 638 g/mol. The summed E-state index contributed by atoms with van der Waals surface area (Å²) >= 11 is 0. The summed E-state index contributed by atoms with van der Waals surface area (Å²) in [5, 5.41) is 76.4. The maximum absolute atomic E-state index is 14.2. The van der Waals surface area contributed by atoms with Gasteiger partial charge in [-0.2, -0.15) is 0 Å². The van der Waals surface area contributed by atoms with Gasteiger partial charge in [0.25, 0.3) is 0 Å². The Morgan fingerprint density at radius 2 is 1.28 bits per heavy atom. The number of aromatic hydroxyl groups is 4. The Kier molecular flexibility index (Phi) is 6.81. The highest BCUT2D eigenvalue weighted by molar-refractivity contribution is 6.32. The van der Waals surface area contributed by atoms with Crippen LogP contribution in [0.15, 0.2) is 48.5 Å². The number of ether oxygens (including phenoxy) is 1. The molecule has 0 spiro atoms. The molecule has 0 saturated carbocycles. The molecule has 7 rings (SSSR count). The van der Waals surface area contributed by atoms with Crippen molar-refractivity contribution in [3.05, 3.63) is 104 Å². The average Bonchev–Trinajstić information content (AvgIpc) is 3.01. The fraction of sp³-hybridized carbons (Fsp3) is 0.250. The van der Waals surface area contributed by atoms with Gasteiger partial charge in [0.1, 0.15) is 41.3 Å². The maximum Gasteiger partial charge on any atom is 0.201 e. The zero-order chi connectivity index (χ0) is 33.8. The van der Waals surface area contributed by atoms with Crippen molar-refractivity contribution in [3.63, 3.8) is 0 Å². The van der Waals surface area contributed by atoms with Crippen LogP contribution in [-0.4, -0.2) is 83.6 Å². The van der Waals surface area contributed by atoms with Crippen LogP contribution in [0, 0.1) is 13.8 Å². The fourth-order valence-electron chi connectivity index (χ4n) is 7.43. The predicted molar refractivity (Wildman–Crippen MR) is 165 cm³/mol. The van der Waals surface area contributed by atoms with Gasteiger partial charge in [0.05, 0.1) is 34.5 Å². The van der Waals surface area contributed by atoms with Gasteiger partial charge < -0.3 is 40.5 Å².